The molecule has 0 aliphatic carbocycles. The highest BCUT2D eigenvalue weighted by Crippen LogP contribution is 2.15. The summed E-state index contributed by atoms with van der Waals surface area (Å²) in [5.74, 6) is -0.579. The molecule has 3 rings (SSSR count). The molecular formula is C25H26O6. The lowest BCUT2D eigenvalue weighted by atomic mass is 10.1. The molecular weight excluding hydrogens is 396 g/mol. The van der Waals surface area contributed by atoms with Gasteiger partial charge >= 0.3 is 11.9 Å². The van der Waals surface area contributed by atoms with E-state index in [4.69, 9.17) is 20.1 Å². The van der Waals surface area contributed by atoms with Crippen molar-refractivity contribution in [3.63, 3.8) is 0 Å². The number of aryl methyl sites for hydroxylation is 2. The average Bonchev–Trinajstić information content (AvgIpc) is 2.78. The van der Waals surface area contributed by atoms with E-state index in [1.165, 1.54) is 0 Å². The minimum Gasteiger partial charge on any atom is -0.508 e. The van der Waals surface area contributed by atoms with Crippen molar-refractivity contribution in [2.45, 2.75) is 32.3 Å². The van der Waals surface area contributed by atoms with Gasteiger partial charge in [0.15, 0.2) is 0 Å². The van der Waals surface area contributed by atoms with Crippen LogP contribution in [-0.2, 0) is 29.0 Å². The van der Waals surface area contributed by atoms with Crippen LogP contribution in [0.5, 0.6) is 11.5 Å². The third kappa shape index (κ3) is 9.99. The molecule has 0 aliphatic rings. The van der Waals surface area contributed by atoms with Gasteiger partial charge in [-0.1, -0.05) is 54.6 Å². The molecule has 0 amide bonds. The van der Waals surface area contributed by atoms with Crippen molar-refractivity contribution in [1.82, 2.24) is 0 Å². The minimum atomic E-state index is -0.803. The summed E-state index contributed by atoms with van der Waals surface area (Å²) in [5.41, 5.74) is 3.06. The number of carbonyl (C=O) groups is 2. The van der Waals surface area contributed by atoms with Crippen LogP contribution in [-0.4, -0.2) is 27.3 Å². The van der Waals surface area contributed by atoms with Crippen LogP contribution in [0.3, 0.4) is 0 Å². The SMILES string of the molecule is O=C(O)CCc1ccc(O)cc1.O=C(O)CCc1ccc(OCc2ccccc2)cc1. The lowest BCUT2D eigenvalue weighted by Crippen LogP contribution is -1.98. The molecule has 0 aromatic heterocycles. The van der Waals surface area contributed by atoms with E-state index in [-0.39, 0.29) is 18.6 Å². The second-order valence-corrected chi connectivity index (χ2v) is 6.87. The topological polar surface area (TPSA) is 104 Å². The Morgan fingerprint density at radius 3 is 1.61 bits per heavy atom. The van der Waals surface area contributed by atoms with Crippen molar-refractivity contribution in [1.29, 1.82) is 0 Å². The Hall–Kier alpha value is -3.80. The minimum absolute atomic E-state index is 0.130. The number of phenols is 1. The quantitative estimate of drug-likeness (QED) is 0.462. The molecule has 0 heterocycles. The van der Waals surface area contributed by atoms with Crippen LogP contribution in [0.2, 0.25) is 0 Å². The first-order chi connectivity index (χ1) is 14.9. The van der Waals surface area contributed by atoms with Crippen molar-refractivity contribution in [3.05, 3.63) is 95.6 Å². The van der Waals surface area contributed by atoms with E-state index in [0.29, 0.717) is 19.4 Å². The van der Waals surface area contributed by atoms with Gasteiger partial charge < -0.3 is 20.1 Å². The molecule has 0 saturated heterocycles. The summed E-state index contributed by atoms with van der Waals surface area (Å²) >= 11 is 0. The van der Waals surface area contributed by atoms with Gasteiger partial charge in [0.2, 0.25) is 0 Å². The van der Waals surface area contributed by atoms with Gasteiger partial charge in [-0.15, -0.1) is 0 Å². The number of aromatic hydroxyl groups is 1. The fourth-order valence-electron chi connectivity index (χ4n) is 2.66. The summed E-state index contributed by atoms with van der Waals surface area (Å²) in [4.78, 5) is 20.7. The number of phenolic OH excluding ortho intramolecular Hbond substituents is 1. The van der Waals surface area contributed by atoms with Crippen LogP contribution in [0.1, 0.15) is 29.5 Å². The first-order valence-corrected chi connectivity index (χ1v) is 9.89. The molecule has 3 aromatic carbocycles. The summed E-state index contributed by atoms with van der Waals surface area (Å²) < 4.78 is 5.66. The lowest BCUT2D eigenvalue weighted by molar-refractivity contribution is -0.138. The fourth-order valence-corrected chi connectivity index (χ4v) is 2.66. The van der Waals surface area contributed by atoms with Crippen molar-refractivity contribution in [2.75, 3.05) is 0 Å². The maximum absolute atomic E-state index is 10.5. The van der Waals surface area contributed by atoms with Gasteiger partial charge in [-0.25, -0.2) is 0 Å². The zero-order valence-corrected chi connectivity index (χ0v) is 17.1. The number of hydrogen-bond donors (Lipinski definition) is 3. The highest BCUT2D eigenvalue weighted by atomic mass is 16.5. The van der Waals surface area contributed by atoms with E-state index < -0.39 is 11.9 Å². The van der Waals surface area contributed by atoms with E-state index in [9.17, 15) is 9.59 Å². The highest BCUT2D eigenvalue weighted by Gasteiger charge is 2.00. The van der Waals surface area contributed by atoms with Gasteiger partial charge in [0.05, 0.1) is 0 Å². The summed E-state index contributed by atoms with van der Waals surface area (Å²) in [6.45, 7) is 0.537. The normalized spacial score (nSPS) is 9.94. The Morgan fingerprint density at radius 1 is 0.645 bits per heavy atom. The number of carboxylic acid groups (broad SMARTS) is 2. The van der Waals surface area contributed by atoms with Crippen LogP contribution in [0, 0.1) is 0 Å². The summed E-state index contributed by atoms with van der Waals surface area (Å²) in [6.07, 6.45) is 1.35. The van der Waals surface area contributed by atoms with Gasteiger partial charge in [0.1, 0.15) is 18.1 Å². The van der Waals surface area contributed by atoms with Gasteiger partial charge in [0, 0.05) is 12.8 Å². The Kier molecular flexibility index (Phi) is 9.62. The van der Waals surface area contributed by atoms with Crippen molar-refractivity contribution >= 4 is 11.9 Å². The molecule has 0 aliphatic heterocycles. The number of hydrogen-bond acceptors (Lipinski definition) is 4. The predicted octanol–water partition coefficient (Wildman–Crippen LogP) is 4.69. The number of aliphatic carboxylic acids is 2. The number of ether oxygens (including phenoxy) is 1. The predicted molar refractivity (Wildman–Crippen MR) is 117 cm³/mol. The first kappa shape index (κ1) is 23.5. The Morgan fingerprint density at radius 2 is 1.13 bits per heavy atom. The standard InChI is InChI=1S/C16H16O3.C9H10O3/c17-16(18)11-8-13-6-9-15(10-7-13)19-12-14-4-2-1-3-5-14;10-8-4-1-7(2-5-8)3-6-9(11)12/h1-7,9-10H,8,11-12H2,(H,17,18);1-2,4-5,10H,3,6H2,(H,11,12). The monoisotopic (exact) mass is 422 g/mol. The van der Waals surface area contributed by atoms with E-state index in [2.05, 4.69) is 0 Å². The molecule has 0 bridgehead atoms. The molecule has 0 unspecified atom stereocenters. The average molecular weight is 422 g/mol. The molecule has 6 heteroatoms. The Balaban J connectivity index is 0.000000245. The van der Waals surface area contributed by atoms with Gasteiger partial charge in [-0.3, -0.25) is 9.59 Å². The van der Waals surface area contributed by atoms with E-state index in [1.807, 2.05) is 54.6 Å². The molecule has 0 saturated carbocycles. The van der Waals surface area contributed by atoms with E-state index >= 15 is 0 Å². The Bertz CT molecular complexity index is 934. The molecule has 0 radical (unpaired) electrons. The molecule has 0 fully saturated rings. The second kappa shape index (κ2) is 12.7. The summed E-state index contributed by atoms with van der Waals surface area (Å²) in [7, 11) is 0. The molecule has 162 valence electrons. The summed E-state index contributed by atoms with van der Waals surface area (Å²) in [6, 6.07) is 24.1. The highest BCUT2D eigenvalue weighted by molar-refractivity contribution is 5.67. The smallest absolute Gasteiger partial charge is 0.303 e. The molecule has 6 nitrogen and oxygen atoms in total. The van der Waals surface area contributed by atoms with Gasteiger partial charge in [-0.2, -0.15) is 0 Å². The molecule has 3 aromatic rings. The number of rotatable bonds is 9. The van der Waals surface area contributed by atoms with Crippen LogP contribution < -0.4 is 4.74 Å². The summed E-state index contributed by atoms with van der Waals surface area (Å²) in [5, 5.41) is 25.9. The second-order valence-electron chi connectivity index (χ2n) is 6.87. The zero-order chi connectivity index (χ0) is 22.5. The van der Waals surface area contributed by atoms with Crippen LogP contribution in [0.4, 0.5) is 0 Å². The number of carboxylic acids is 2. The largest absolute Gasteiger partial charge is 0.508 e. The molecule has 0 atom stereocenters. The van der Waals surface area contributed by atoms with Crippen molar-refractivity contribution in [3.8, 4) is 11.5 Å². The number of benzene rings is 3. The van der Waals surface area contributed by atoms with Crippen molar-refractivity contribution < 1.29 is 29.6 Å². The maximum Gasteiger partial charge on any atom is 0.303 e. The van der Waals surface area contributed by atoms with Gasteiger partial charge in [-0.05, 0) is 53.8 Å². The third-order valence-electron chi connectivity index (χ3n) is 4.36. The van der Waals surface area contributed by atoms with Crippen molar-refractivity contribution in [2.24, 2.45) is 0 Å². The van der Waals surface area contributed by atoms with Crippen LogP contribution >= 0.6 is 0 Å². The lowest BCUT2D eigenvalue weighted by Gasteiger charge is -2.07. The fraction of sp³-hybridized carbons (Fsp3) is 0.200. The van der Waals surface area contributed by atoms with Gasteiger partial charge in [0.25, 0.3) is 0 Å². The van der Waals surface area contributed by atoms with E-state index in [1.54, 1.807) is 24.3 Å². The zero-order valence-electron chi connectivity index (χ0n) is 17.1. The maximum atomic E-state index is 10.5. The Labute approximate surface area is 181 Å². The molecule has 0 spiro atoms. The van der Waals surface area contributed by atoms with Crippen LogP contribution in [0.25, 0.3) is 0 Å². The first-order valence-electron chi connectivity index (χ1n) is 9.89. The molecule has 31 heavy (non-hydrogen) atoms. The third-order valence-corrected chi connectivity index (χ3v) is 4.36. The molecule has 3 N–H and O–H groups in total. The van der Waals surface area contributed by atoms with Crippen LogP contribution in [0.15, 0.2) is 78.9 Å². The van der Waals surface area contributed by atoms with E-state index in [0.717, 1.165) is 22.4 Å².